The van der Waals surface area contributed by atoms with Crippen LogP contribution in [0, 0.1) is 5.92 Å². The van der Waals surface area contributed by atoms with Crippen molar-refractivity contribution in [3.63, 3.8) is 0 Å². The molecule has 0 saturated heterocycles. The third-order valence-corrected chi connectivity index (χ3v) is 9.05. The molecule has 3 atom stereocenters. The van der Waals surface area contributed by atoms with Crippen molar-refractivity contribution >= 4 is 5.97 Å². The number of aromatic hydroxyl groups is 2. The Balaban J connectivity index is 1.36. The van der Waals surface area contributed by atoms with Crippen LogP contribution >= 0.6 is 0 Å². The number of phenolic OH excluding ortho intramolecular Hbond substituents is 2. The minimum atomic E-state index is -5.55. The number of halogens is 5. The maximum absolute atomic E-state index is 13.0. The van der Waals surface area contributed by atoms with Crippen LogP contribution in [0.4, 0.5) is 22.0 Å². The fraction of sp³-hybridized carbons (Fsp3) is 0.618. The highest BCUT2D eigenvalue weighted by atomic mass is 19.4. The summed E-state index contributed by atoms with van der Waals surface area (Å²) in [5.74, 6) is -5.01. The summed E-state index contributed by atoms with van der Waals surface area (Å²) in [6.07, 6.45) is 1.77. The van der Waals surface area contributed by atoms with Gasteiger partial charge in [-0.05, 0) is 55.0 Å². The molecule has 0 radical (unpaired) electrons. The molecule has 0 bridgehead atoms. The molecule has 0 aliphatic carbocycles. The first kappa shape index (κ1) is 35.4. The van der Waals surface area contributed by atoms with Crippen LogP contribution in [0.15, 0.2) is 42.5 Å². The van der Waals surface area contributed by atoms with E-state index in [1.807, 2.05) is 18.2 Å². The molecule has 1 aliphatic rings. The van der Waals surface area contributed by atoms with Gasteiger partial charge in [0.15, 0.2) is 0 Å². The number of hydrogen-bond acceptors (Lipinski definition) is 4. The molecular formula is C34H45F5O5. The number of benzene rings is 2. The van der Waals surface area contributed by atoms with Crippen LogP contribution in [0.25, 0.3) is 0 Å². The molecule has 3 rings (SSSR count). The normalized spacial score (nSPS) is 19.3. The van der Waals surface area contributed by atoms with Gasteiger partial charge >= 0.3 is 18.1 Å². The number of phenols is 2. The molecule has 2 aromatic carbocycles. The van der Waals surface area contributed by atoms with E-state index in [9.17, 15) is 42.1 Å². The Morgan fingerprint density at radius 2 is 1.39 bits per heavy atom. The third-order valence-electron chi connectivity index (χ3n) is 9.05. The van der Waals surface area contributed by atoms with E-state index in [1.165, 1.54) is 0 Å². The average Bonchev–Trinajstić information content (AvgIpc) is 2.95. The van der Waals surface area contributed by atoms with Crippen LogP contribution in [0.1, 0.15) is 114 Å². The molecule has 246 valence electrons. The lowest BCUT2D eigenvalue weighted by Crippen LogP contribution is -2.40. The van der Waals surface area contributed by atoms with Crippen molar-refractivity contribution in [1.82, 2.24) is 0 Å². The highest BCUT2D eigenvalue weighted by Crippen LogP contribution is 2.50. The Bertz CT molecular complexity index is 1180. The second-order valence-electron chi connectivity index (χ2n) is 12.4. The summed E-state index contributed by atoms with van der Waals surface area (Å²) in [6, 6.07) is 12.5. The quantitative estimate of drug-likeness (QED) is 0.113. The number of carboxylic acids is 1. The number of hydrogen-bond donors (Lipinski definition) is 3. The van der Waals surface area contributed by atoms with E-state index >= 15 is 0 Å². The second-order valence-corrected chi connectivity index (χ2v) is 12.4. The summed E-state index contributed by atoms with van der Waals surface area (Å²) < 4.78 is 68.8. The highest BCUT2D eigenvalue weighted by Gasteiger charge is 2.56. The molecule has 0 saturated carbocycles. The van der Waals surface area contributed by atoms with Crippen LogP contribution < -0.4 is 4.74 Å². The maximum atomic E-state index is 13.0. The Morgan fingerprint density at radius 1 is 0.841 bits per heavy atom. The standard InChI is InChI=1S/C34H45F5O5/c1-32(25-15-17-26(40)18-16-25)23-44-30-22-27(41)19-20-28(30)29(32)14-10-6-4-2-3-5-8-12-24(31(42)43)13-9-7-11-21-33(35,36)34(37,38)39/h15-20,22,24,29,40-41H,2-14,21,23H2,1H3,(H,42,43)/t24?,29-,32-/m1/s1. The van der Waals surface area contributed by atoms with E-state index in [0.717, 1.165) is 62.5 Å². The van der Waals surface area contributed by atoms with Crippen molar-refractivity contribution in [2.75, 3.05) is 6.61 Å². The predicted octanol–water partition coefficient (Wildman–Crippen LogP) is 9.89. The first-order valence-electron chi connectivity index (χ1n) is 15.7. The predicted molar refractivity (Wildman–Crippen MR) is 159 cm³/mol. The Morgan fingerprint density at radius 3 is 1.98 bits per heavy atom. The van der Waals surface area contributed by atoms with Gasteiger partial charge in [-0.2, -0.15) is 22.0 Å². The lowest BCUT2D eigenvalue weighted by molar-refractivity contribution is -0.284. The van der Waals surface area contributed by atoms with Crippen molar-refractivity contribution in [2.45, 2.75) is 120 Å². The number of alkyl halides is 5. The van der Waals surface area contributed by atoms with Crippen molar-refractivity contribution in [3.8, 4) is 17.2 Å². The molecule has 44 heavy (non-hydrogen) atoms. The van der Waals surface area contributed by atoms with E-state index in [4.69, 9.17) is 4.74 Å². The minimum Gasteiger partial charge on any atom is -0.508 e. The maximum Gasteiger partial charge on any atom is 0.453 e. The van der Waals surface area contributed by atoms with Crippen molar-refractivity contribution in [1.29, 1.82) is 0 Å². The zero-order chi connectivity index (χ0) is 32.4. The fourth-order valence-electron chi connectivity index (χ4n) is 6.28. The molecule has 0 spiro atoms. The molecule has 1 unspecified atom stereocenters. The fourth-order valence-corrected chi connectivity index (χ4v) is 6.28. The van der Waals surface area contributed by atoms with Crippen molar-refractivity contribution in [3.05, 3.63) is 53.6 Å². The number of rotatable bonds is 18. The molecule has 0 amide bonds. The number of aliphatic carboxylic acids is 1. The summed E-state index contributed by atoms with van der Waals surface area (Å²) in [6.45, 7) is 2.64. The zero-order valence-electron chi connectivity index (χ0n) is 25.4. The average molecular weight is 629 g/mol. The molecular weight excluding hydrogens is 583 g/mol. The Hall–Kier alpha value is -3.04. The van der Waals surface area contributed by atoms with Gasteiger partial charge in [0.1, 0.15) is 17.2 Å². The van der Waals surface area contributed by atoms with Gasteiger partial charge < -0.3 is 20.1 Å². The minimum absolute atomic E-state index is 0.144. The van der Waals surface area contributed by atoms with E-state index in [1.54, 1.807) is 24.3 Å². The smallest absolute Gasteiger partial charge is 0.453 e. The van der Waals surface area contributed by atoms with Gasteiger partial charge in [-0.25, -0.2) is 0 Å². The van der Waals surface area contributed by atoms with Crippen LogP contribution in [-0.2, 0) is 10.2 Å². The largest absolute Gasteiger partial charge is 0.508 e. The summed E-state index contributed by atoms with van der Waals surface area (Å²) in [5.41, 5.74) is 1.85. The van der Waals surface area contributed by atoms with Crippen molar-refractivity contribution in [2.24, 2.45) is 5.92 Å². The summed E-state index contributed by atoms with van der Waals surface area (Å²) >= 11 is 0. The van der Waals surface area contributed by atoms with Gasteiger partial charge in [-0.15, -0.1) is 0 Å². The number of carboxylic acid groups (broad SMARTS) is 1. The Kier molecular flexibility index (Phi) is 12.7. The van der Waals surface area contributed by atoms with Gasteiger partial charge in [-0.3, -0.25) is 4.79 Å². The molecule has 1 heterocycles. The number of unbranched alkanes of at least 4 members (excludes halogenated alkanes) is 8. The summed E-state index contributed by atoms with van der Waals surface area (Å²) in [4.78, 5) is 11.6. The van der Waals surface area contributed by atoms with Crippen LogP contribution in [0.5, 0.6) is 17.2 Å². The molecule has 10 heteroatoms. The van der Waals surface area contributed by atoms with Gasteiger partial charge in [0.2, 0.25) is 0 Å². The highest BCUT2D eigenvalue weighted by molar-refractivity contribution is 5.69. The first-order valence-corrected chi connectivity index (χ1v) is 15.7. The first-order chi connectivity index (χ1) is 20.7. The van der Waals surface area contributed by atoms with Crippen LogP contribution in [-0.4, -0.2) is 40.0 Å². The van der Waals surface area contributed by atoms with Gasteiger partial charge in [0, 0.05) is 23.8 Å². The van der Waals surface area contributed by atoms with Crippen LogP contribution in [0.3, 0.4) is 0 Å². The van der Waals surface area contributed by atoms with Crippen molar-refractivity contribution < 1.29 is 46.8 Å². The van der Waals surface area contributed by atoms with E-state index in [2.05, 4.69) is 6.92 Å². The van der Waals surface area contributed by atoms with E-state index < -0.39 is 30.4 Å². The third kappa shape index (κ3) is 9.73. The molecule has 0 fully saturated rings. The summed E-state index contributed by atoms with van der Waals surface area (Å²) in [5, 5.41) is 29.2. The molecule has 3 N–H and O–H groups in total. The van der Waals surface area contributed by atoms with Crippen LogP contribution in [0.2, 0.25) is 0 Å². The van der Waals surface area contributed by atoms with Gasteiger partial charge in [-0.1, -0.05) is 82.9 Å². The molecule has 1 aliphatic heterocycles. The topological polar surface area (TPSA) is 87.0 Å². The second kappa shape index (κ2) is 15.8. The van der Waals surface area contributed by atoms with E-state index in [0.29, 0.717) is 25.2 Å². The Labute approximate surface area is 256 Å². The SMILES string of the molecule is C[C@]1(c2ccc(O)cc2)COc2cc(O)ccc2[C@H]1CCCCCCCCCC(CCCCCC(F)(F)C(F)(F)F)C(=O)O. The molecule has 5 nitrogen and oxygen atoms in total. The number of carbonyl (C=O) groups is 1. The zero-order valence-corrected chi connectivity index (χ0v) is 25.4. The van der Waals surface area contributed by atoms with E-state index in [-0.39, 0.29) is 42.1 Å². The molecule has 2 aromatic rings. The molecule has 0 aromatic heterocycles. The summed E-state index contributed by atoms with van der Waals surface area (Å²) in [7, 11) is 0. The van der Waals surface area contributed by atoms with Gasteiger partial charge in [0.25, 0.3) is 0 Å². The number of ether oxygens (including phenoxy) is 1. The monoisotopic (exact) mass is 628 g/mol. The number of fused-ring (bicyclic) bond motifs is 1. The van der Waals surface area contributed by atoms with Gasteiger partial charge in [0.05, 0.1) is 12.5 Å². The lowest BCUT2D eigenvalue weighted by atomic mass is 9.66. The lowest BCUT2D eigenvalue weighted by Gasteiger charge is -2.43.